The SMILES string of the molecule is CO[Si](C)(C)c1cccc([SiH](C)C)c1. The summed E-state index contributed by atoms with van der Waals surface area (Å²) < 4.78 is 5.61. The minimum Gasteiger partial charge on any atom is -0.416 e. The van der Waals surface area contributed by atoms with Crippen molar-refractivity contribution in [1.82, 2.24) is 0 Å². The Labute approximate surface area is 89.9 Å². The van der Waals surface area contributed by atoms with Gasteiger partial charge in [-0.2, -0.15) is 0 Å². The Morgan fingerprint density at radius 3 is 2.36 bits per heavy atom. The molecule has 1 aromatic rings. The molecule has 0 spiro atoms. The first-order chi connectivity index (χ1) is 6.47. The zero-order valence-corrected chi connectivity index (χ0v) is 11.9. The van der Waals surface area contributed by atoms with E-state index in [1.165, 1.54) is 5.19 Å². The Morgan fingerprint density at radius 1 is 1.21 bits per heavy atom. The van der Waals surface area contributed by atoms with Crippen molar-refractivity contribution in [2.24, 2.45) is 0 Å². The van der Waals surface area contributed by atoms with Gasteiger partial charge in [0.1, 0.15) is 0 Å². The number of hydrogen-bond acceptors (Lipinski definition) is 1. The van der Waals surface area contributed by atoms with Gasteiger partial charge in [0.15, 0.2) is 0 Å². The summed E-state index contributed by atoms with van der Waals surface area (Å²) in [6, 6.07) is 8.98. The van der Waals surface area contributed by atoms with Crippen LogP contribution in [0.4, 0.5) is 0 Å². The number of benzene rings is 1. The number of hydrogen-bond donors (Lipinski definition) is 0. The third kappa shape index (κ3) is 2.56. The highest BCUT2D eigenvalue weighted by Crippen LogP contribution is 2.02. The maximum atomic E-state index is 5.61. The van der Waals surface area contributed by atoms with E-state index < -0.39 is 17.1 Å². The minimum atomic E-state index is -1.61. The van der Waals surface area contributed by atoms with E-state index in [1.54, 1.807) is 5.19 Å². The Morgan fingerprint density at radius 2 is 1.86 bits per heavy atom. The molecule has 0 N–H and O–H groups in total. The van der Waals surface area contributed by atoms with Gasteiger partial charge < -0.3 is 4.43 Å². The van der Waals surface area contributed by atoms with Crippen molar-refractivity contribution in [1.29, 1.82) is 0 Å². The molecule has 0 saturated carbocycles. The summed E-state index contributed by atoms with van der Waals surface area (Å²) in [5, 5.41) is 2.96. The summed E-state index contributed by atoms with van der Waals surface area (Å²) in [7, 11) is -0.456. The lowest BCUT2D eigenvalue weighted by Gasteiger charge is -2.21. The van der Waals surface area contributed by atoms with E-state index in [9.17, 15) is 0 Å². The standard InChI is InChI=1S/C11H20OSi2/c1-12-14(4,5)11-8-6-7-10(9-11)13(2)3/h6-9,13H,1-5H3. The molecule has 0 amide bonds. The molecule has 0 saturated heterocycles. The first kappa shape index (κ1) is 11.7. The Bertz CT molecular complexity index is 308. The highest BCUT2D eigenvalue weighted by molar-refractivity contribution is 6.85. The van der Waals surface area contributed by atoms with Crippen molar-refractivity contribution >= 4 is 27.5 Å². The largest absolute Gasteiger partial charge is 0.416 e. The van der Waals surface area contributed by atoms with Crippen molar-refractivity contribution in [3.05, 3.63) is 24.3 Å². The third-order valence-corrected chi connectivity index (χ3v) is 7.17. The van der Waals surface area contributed by atoms with Crippen molar-refractivity contribution in [3.63, 3.8) is 0 Å². The number of rotatable bonds is 3. The molecule has 1 aromatic carbocycles. The minimum absolute atomic E-state index is 0.673. The molecule has 1 nitrogen and oxygen atoms in total. The topological polar surface area (TPSA) is 9.23 Å². The normalized spacial score (nSPS) is 12.1. The van der Waals surface area contributed by atoms with Gasteiger partial charge in [0.25, 0.3) is 0 Å². The monoisotopic (exact) mass is 224 g/mol. The van der Waals surface area contributed by atoms with Crippen LogP contribution in [0.15, 0.2) is 24.3 Å². The molecule has 0 aliphatic rings. The van der Waals surface area contributed by atoms with Crippen molar-refractivity contribution in [2.45, 2.75) is 26.2 Å². The highest BCUT2D eigenvalue weighted by atomic mass is 28.4. The molecule has 78 valence electrons. The first-order valence-electron chi connectivity index (χ1n) is 5.13. The molecule has 0 heterocycles. The van der Waals surface area contributed by atoms with E-state index in [0.29, 0.717) is 0 Å². The maximum absolute atomic E-state index is 5.61. The zero-order chi connectivity index (χ0) is 10.8. The van der Waals surface area contributed by atoms with E-state index in [0.717, 1.165) is 0 Å². The van der Waals surface area contributed by atoms with Crippen LogP contribution in [-0.2, 0) is 4.43 Å². The fourth-order valence-electron chi connectivity index (χ4n) is 1.39. The van der Waals surface area contributed by atoms with Crippen LogP contribution in [0.5, 0.6) is 0 Å². The zero-order valence-electron chi connectivity index (χ0n) is 9.79. The van der Waals surface area contributed by atoms with Crippen LogP contribution in [-0.4, -0.2) is 24.2 Å². The summed E-state index contributed by atoms with van der Waals surface area (Å²) >= 11 is 0. The van der Waals surface area contributed by atoms with Gasteiger partial charge in [-0.3, -0.25) is 0 Å². The van der Waals surface area contributed by atoms with Crippen molar-refractivity contribution < 1.29 is 4.43 Å². The molecule has 1 rings (SSSR count). The van der Waals surface area contributed by atoms with Crippen molar-refractivity contribution in [2.75, 3.05) is 7.11 Å². The molecule has 0 radical (unpaired) electrons. The van der Waals surface area contributed by atoms with Crippen LogP contribution < -0.4 is 10.4 Å². The lowest BCUT2D eigenvalue weighted by molar-refractivity contribution is 0.416. The molecule has 0 aliphatic carbocycles. The van der Waals surface area contributed by atoms with Crippen LogP contribution in [0.25, 0.3) is 0 Å². The van der Waals surface area contributed by atoms with Crippen LogP contribution in [0.1, 0.15) is 0 Å². The summed E-state index contributed by atoms with van der Waals surface area (Å²) in [5.41, 5.74) is 0. The quantitative estimate of drug-likeness (QED) is 0.706. The van der Waals surface area contributed by atoms with E-state index >= 15 is 0 Å². The molecule has 14 heavy (non-hydrogen) atoms. The summed E-state index contributed by atoms with van der Waals surface area (Å²) in [4.78, 5) is 0. The Kier molecular flexibility index (Phi) is 3.69. The highest BCUT2D eigenvalue weighted by Gasteiger charge is 2.23. The smallest absolute Gasteiger partial charge is 0.217 e. The summed E-state index contributed by atoms with van der Waals surface area (Å²) in [6.45, 7) is 9.21. The van der Waals surface area contributed by atoms with Crippen LogP contribution in [0.3, 0.4) is 0 Å². The molecule has 0 bridgehead atoms. The van der Waals surface area contributed by atoms with Gasteiger partial charge in [0.2, 0.25) is 8.32 Å². The molecular weight excluding hydrogens is 204 g/mol. The maximum Gasteiger partial charge on any atom is 0.217 e. The average Bonchev–Trinajstić information content (AvgIpc) is 2.18. The van der Waals surface area contributed by atoms with Crippen LogP contribution >= 0.6 is 0 Å². The van der Waals surface area contributed by atoms with Crippen LogP contribution in [0, 0.1) is 0 Å². The molecular formula is C11H20OSi2. The molecule has 0 aromatic heterocycles. The third-order valence-electron chi connectivity index (χ3n) is 2.76. The Hall–Kier alpha value is -0.386. The average molecular weight is 224 g/mol. The van der Waals surface area contributed by atoms with Gasteiger partial charge in [-0.1, -0.05) is 42.5 Å². The fourth-order valence-corrected chi connectivity index (χ4v) is 3.81. The van der Waals surface area contributed by atoms with Gasteiger partial charge in [-0.25, -0.2) is 0 Å². The van der Waals surface area contributed by atoms with Gasteiger partial charge >= 0.3 is 0 Å². The Balaban J connectivity index is 3.05. The van der Waals surface area contributed by atoms with E-state index in [-0.39, 0.29) is 0 Å². The van der Waals surface area contributed by atoms with Gasteiger partial charge in [0, 0.05) is 7.11 Å². The summed E-state index contributed by atoms with van der Waals surface area (Å²) in [6.07, 6.45) is 0. The van der Waals surface area contributed by atoms with Gasteiger partial charge in [0.05, 0.1) is 8.80 Å². The first-order valence-corrected chi connectivity index (χ1v) is 10.9. The second-order valence-electron chi connectivity index (χ2n) is 4.49. The second-order valence-corrected chi connectivity index (χ2v) is 11.5. The van der Waals surface area contributed by atoms with E-state index in [2.05, 4.69) is 50.5 Å². The van der Waals surface area contributed by atoms with Crippen LogP contribution in [0.2, 0.25) is 26.2 Å². The van der Waals surface area contributed by atoms with Gasteiger partial charge in [-0.15, -0.1) is 0 Å². The van der Waals surface area contributed by atoms with Crippen molar-refractivity contribution in [3.8, 4) is 0 Å². The summed E-state index contributed by atoms with van der Waals surface area (Å²) in [5.74, 6) is 0. The molecule has 0 fully saturated rings. The van der Waals surface area contributed by atoms with Gasteiger partial charge in [-0.05, 0) is 18.3 Å². The van der Waals surface area contributed by atoms with E-state index in [4.69, 9.17) is 4.43 Å². The fraction of sp³-hybridized carbons (Fsp3) is 0.455. The molecule has 0 aliphatic heterocycles. The predicted molar refractivity (Wildman–Crippen MR) is 69.1 cm³/mol. The molecule has 3 heteroatoms. The lowest BCUT2D eigenvalue weighted by atomic mass is 10.4. The lowest BCUT2D eigenvalue weighted by Crippen LogP contribution is -2.45. The molecule has 0 atom stereocenters. The molecule has 0 unspecified atom stereocenters. The van der Waals surface area contributed by atoms with E-state index in [1.807, 2.05) is 7.11 Å². The predicted octanol–water partition coefficient (Wildman–Crippen LogP) is 1.44. The second kappa shape index (κ2) is 4.42.